The van der Waals surface area contributed by atoms with E-state index in [4.69, 9.17) is 13.9 Å². The first kappa shape index (κ1) is 18.3. The van der Waals surface area contributed by atoms with Crippen LogP contribution in [0.5, 0.6) is 0 Å². The van der Waals surface area contributed by atoms with E-state index in [2.05, 4.69) is 63.6 Å². The number of anilines is 1. The lowest BCUT2D eigenvalue weighted by atomic mass is 10.0. The van der Waals surface area contributed by atoms with Crippen LogP contribution >= 0.6 is 0 Å². The number of hydrogen-bond donors (Lipinski definition) is 0. The maximum atomic E-state index is 6.08. The summed E-state index contributed by atoms with van der Waals surface area (Å²) < 4.78 is 17.3. The number of ether oxygens (including phenoxy) is 2. The Hall–Kier alpha value is -2.70. The lowest BCUT2D eigenvalue weighted by Crippen LogP contribution is -2.35. The normalized spacial score (nSPS) is 21.4. The van der Waals surface area contributed by atoms with Gasteiger partial charge in [-0.2, -0.15) is 0 Å². The molecule has 5 rings (SSSR count). The first-order valence-electron chi connectivity index (χ1n) is 10.1. The third-order valence-corrected chi connectivity index (χ3v) is 6.10. The highest BCUT2D eigenvalue weighted by Gasteiger charge is 2.42. The molecular formula is C23H25N3O3. The lowest BCUT2D eigenvalue weighted by molar-refractivity contribution is -0.0416. The van der Waals surface area contributed by atoms with Crippen molar-refractivity contribution in [3.63, 3.8) is 0 Å². The van der Waals surface area contributed by atoms with Gasteiger partial charge in [0, 0.05) is 25.3 Å². The highest BCUT2D eigenvalue weighted by atomic mass is 16.6. The third kappa shape index (κ3) is 3.43. The van der Waals surface area contributed by atoms with E-state index < -0.39 is 5.60 Å². The van der Waals surface area contributed by atoms with Gasteiger partial charge in [-0.1, -0.05) is 42.5 Å². The Morgan fingerprint density at radius 2 is 1.76 bits per heavy atom. The summed E-state index contributed by atoms with van der Waals surface area (Å²) in [5.74, 6) is 1.11. The van der Waals surface area contributed by atoms with Crippen molar-refractivity contribution in [2.24, 2.45) is 0 Å². The molecule has 1 aliphatic heterocycles. The molecule has 0 spiro atoms. The minimum absolute atomic E-state index is 0.358. The van der Waals surface area contributed by atoms with Crippen molar-refractivity contribution in [1.29, 1.82) is 0 Å². The van der Waals surface area contributed by atoms with Crippen molar-refractivity contribution in [2.45, 2.75) is 37.5 Å². The number of methoxy groups -OCH3 is 1. The number of hydrogen-bond acceptors (Lipinski definition) is 6. The number of fused-ring (bicyclic) bond motifs is 1. The summed E-state index contributed by atoms with van der Waals surface area (Å²) in [5, 5.41) is 8.65. The Bertz CT molecular complexity index is 941. The second-order valence-electron chi connectivity index (χ2n) is 7.80. The molecule has 1 atom stereocenters. The molecule has 0 N–H and O–H groups in total. The summed E-state index contributed by atoms with van der Waals surface area (Å²) in [6.45, 7) is 1.66. The highest BCUT2D eigenvalue weighted by Crippen LogP contribution is 2.34. The molecule has 2 aromatic carbocycles. The second kappa shape index (κ2) is 7.61. The van der Waals surface area contributed by atoms with Gasteiger partial charge in [0.15, 0.2) is 5.60 Å². The van der Waals surface area contributed by atoms with E-state index >= 15 is 0 Å². The minimum atomic E-state index is -0.619. The van der Waals surface area contributed by atoms with Crippen LogP contribution < -0.4 is 4.90 Å². The summed E-state index contributed by atoms with van der Waals surface area (Å²) in [5.41, 5.74) is 3.39. The fourth-order valence-corrected chi connectivity index (χ4v) is 4.42. The van der Waals surface area contributed by atoms with Crippen LogP contribution in [-0.4, -0.2) is 36.6 Å². The van der Waals surface area contributed by atoms with Crippen LogP contribution in [0.4, 0.5) is 5.69 Å². The number of nitrogens with zero attached hydrogens (tertiary/aromatic N) is 3. The number of aromatic nitrogens is 2. The topological polar surface area (TPSA) is 60.6 Å². The monoisotopic (exact) mass is 391 g/mol. The van der Waals surface area contributed by atoms with Crippen LogP contribution in [-0.2, 0) is 34.5 Å². The smallest absolute Gasteiger partial charge is 0.250 e. The summed E-state index contributed by atoms with van der Waals surface area (Å²) in [7, 11) is 1.67. The molecule has 6 nitrogen and oxygen atoms in total. The van der Waals surface area contributed by atoms with Gasteiger partial charge in [0.25, 0.3) is 5.89 Å². The van der Waals surface area contributed by atoms with E-state index in [9.17, 15) is 0 Å². The largest absolute Gasteiger partial charge is 0.420 e. The van der Waals surface area contributed by atoms with Crippen molar-refractivity contribution in [2.75, 3.05) is 25.2 Å². The van der Waals surface area contributed by atoms with Gasteiger partial charge < -0.3 is 18.8 Å². The Balaban J connectivity index is 1.41. The van der Waals surface area contributed by atoms with Gasteiger partial charge in [-0.15, -0.1) is 10.2 Å². The Kier molecular flexibility index (Phi) is 4.81. The summed E-state index contributed by atoms with van der Waals surface area (Å²) in [6.07, 6.45) is 2.76. The molecular weight excluding hydrogens is 366 g/mol. The fraction of sp³-hybridized carbons (Fsp3) is 0.391. The first-order chi connectivity index (χ1) is 14.3. The van der Waals surface area contributed by atoms with Gasteiger partial charge in [-0.3, -0.25) is 0 Å². The quantitative estimate of drug-likeness (QED) is 0.641. The highest BCUT2D eigenvalue weighted by molar-refractivity contribution is 5.49. The third-order valence-electron chi connectivity index (χ3n) is 6.10. The van der Waals surface area contributed by atoms with Gasteiger partial charge in [0.05, 0.1) is 19.8 Å². The van der Waals surface area contributed by atoms with Gasteiger partial charge in [-0.25, -0.2) is 0 Å². The summed E-state index contributed by atoms with van der Waals surface area (Å²) in [4.78, 5) is 2.38. The van der Waals surface area contributed by atoms with Gasteiger partial charge >= 0.3 is 0 Å². The molecule has 150 valence electrons. The zero-order chi connectivity index (χ0) is 19.7. The van der Waals surface area contributed by atoms with Gasteiger partial charge in [0.1, 0.15) is 0 Å². The van der Waals surface area contributed by atoms with E-state index in [1.54, 1.807) is 7.11 Å². The van der Waals surface area contributed by atoms with E-state index in [0.29, 0.717) is 37.6 Å². The van der Waals surface area contributed by atoms with Crippen LogP contribution in [0.2, 0.25) is 0 Å². The molecule has 29 heavy (non-hydrogen) atoms. The van der Waals surface area contributed by atoms with E-state index in [-0.39, 0.29) is 0 Å². The second-order valence-corrected chi connectivity index (χ2v) is 7.80. The number of rotatable bonds is 6. The van der Waals surface area contributed by atoms with E-state index in [1.807, 2.05) is 6.07 Å². The molecule has 1 unspecified atom stereocenters. The fourth-order valence-electron chi connectivity index (χ4n) is 4.42. The predicted octanol–water partition coefficient (Wildman–Crippen LogP) is 3.51. The minimum Gasteiger partial charge on any atom is -0.420 e. The Labute approximate surface area is 170 Å². The molecule has 0 bridgehead atoms. The average molecular weight is 391 g/mol. The maximum absolute atomic E-state index is 6.08. The van der Waals surface area contributed by atoms with E-state index in [1.165, 1.54) is 11.1 Å². The predicted molar refractivity (Wildman–Crippen MR) is 109 cm³/mol. The van der Waals surface area contributed by atoms with Crippen LogP contribution in [0.3, 0.4) is 0 Å². The van der Waals surface area contributed by atoms with Crippen LogP contribution in [0.1, 0.15) is 29.3 Å². The van der Waals surface area contributed by atoms with Crippen molar-refractivity contribution in [3.8, 4) is 0 Å². The molecule has 2 heterocycles. The molecule has 0 amide bonds. The van der Waals surface area contributed by atoms with Crippen molar-refractivity contribution < 1.29 is 13.9 Å². The SMILES string of the molecule is COC1(c2nnc(CN(c3ccccc3)C3Cc4ccccc4C3)o2)CCOC1. The van der Waals surface area contributed by atoms with Gasteiger partial charge in [-0.05, 0) is 36.1 Å². The molecule has 1 aromatic heterocycles. The van der Waals surface area contributed by atoms with E-state index in [0.717, 1.165) is 24.9 Å². The molecule has 0 saturated carbocycles. The number of benzene rings is 2. The van der Waals surface area contributed by atoms with Crippen LogP contribution in [0.15, 0.2) is 59.0 Å². The van der Waals surface area contributed by atoms with Crippen molar-refractivity contribution >= 4 is 5.69 Å². The van der Waals surface area contributed by atoms with Crippen molar-refractivity contribution in [1.82, 2.24) is 10.2 Å². The van der Waals surface area contributed by atoms with Crippen molar-refractivity contribution in [3.05, 3.63) is 77.5 Å². The molecule has 1 fully saturated rings. The Morgan fingerprint density at radius 1 is 1.03 bits per heavy atom. The number of para-hydroxylation sites is 1. The average Bonchev–Trinajstić information content (AvgIpc) is 3.52. The zero-order valence-corrected chi connectivity index (χ0v) is 16.6. The molecule has 1 saturated heterocycles. The molecule has 1 aliphatic carbocycles. The van der Waals surface area contributed by atoms with Crippen LogP contribution in [0, 0.1) is 0 Å². The maximum Gasteiger partial charge on any atom is 0.250 e. The van der Waals surface area contributed by atoms with Crippen LogP contribution in [0.25, 0.3) is 0 Å². The Morgan fingerprint density at radius 3 is 2.41 bits per heavy atom. The zero-order valence-electron chi connectivity index (χ0n) is 16.6. The summed E-state index contributed by atoms with van der Waals surface area (Å²) in [6, 6.07) is 19.5. The first-order valence-corrected chi connectivity index (χ1v) is 10.1. The molecule has 3 aromatic rings. The summed E-state index contributed by atoms with van der Waals surface area (Å²) >= 11 is 0. The molecule has 0 radical (unpaired) electrons. The lowest BCUT2D eigenvalue weighted by Gasteiger charge is -2.30. The standard InChI is InChI=1S/C23H25N3O3/c1-27-23(11-12-28-16-23)22-25-24-21(29-22)15-26(19-9-3-2-4-10-19)20-13-17-7-5-6-8-18(17)14-20/h2-10,20H,11-16H2,1H3. The molecule has 6 heteroatoms. The molecule has 2 aliphatic rings. The van der Waals surface area contributed by atoms with Gasteiger partial charge in [0.2, 0.25) is 5.89 Å².